The Morgan fingerprint density at radius 1 is 1.19 bits per heavy atom. The van der Waals surface area contributed by atoms with Crippen molar-refractivity contribution in [1.29, 1.82) is 0 Å². The van der Waals surface area contributed by atoms with E-state index in [1.165, 1.54) is 23.8 Å². The van der Waals surface area contributed by atoms with E-state index in [9.17, 15) is 18.0 Å². The van der Waals surface area contributed by atoms with Gasteiger partial charge >= 0.3 is 6.18 Å². The molecule has 0 amide bonds. The zero-order chi connectivity index (χ0) is 15.3. The van der Waals surface area contributed by atoms with Gasteiger partial charge < -0.3 is 10.1 Å². The molecular weight excluding hydrogens is 287 g/mol. The maximum atomic E-state index is 12.3. The van der Waals surface area contributed by atoms with Crippen LogP contribution < -0.4 is 10.9 Å². The molecule has 0 bridgehead atoms. The molecule has 0 aliphatic carbocycles. The van der Waals surface area contributed by atoms with Gasteiger partial charge in [-0.1, -0.05) is 0 Å². The largest absolute Gasteiger partial charge is 0.433 e. The van der Waals surface area contributed by atoms with E-state index in [0.717, 1.165) is 13.2 Å². The second-order valence-corrected chi connectivity index (χ2v) is 4.91. The van der Waals surface area contributed by atoms with Crippen LogP contribution in [-0.2, 0) is 17.5 Å². The summed E-state index contributed by atoms with van der Waals surface area (Å²) in [7, 11) is 0. The molecule has 1 aromatic rings. The van der Waals surface area contributed by atoms with Gasteiger partial charge in [-0.05, 0) is 25.7 Å². The Kier molecular flexibility index (Phi) is 5.22. The fourth-order valence-corrected chi connectivity index (χ4v) is 2.13. The Bertz CT molecular complexity index is 513. The molecule has 3 rings (SSSR count). The zero-order valence-electron chi connectivity index (χ0n) is 11.6. The molecular formula is C13H18F3N3O2. The molecule has 1 N–H and O–H groups in total. The molecule has 1 aromatic heterocycles. The third-order valence-electron chi connectivity index (χ3n) is 3.22. The van der Waals surface area contributed by atoms with Crippen molar-refractivity contribution in [3.05, 3.63) is 22.1 Å². The second-order valence-electron chi connectivity index (χ2n) is 4.91. The maximum absolute atomic E-state index is 12.3. The molecule has 118 valence electrons. The molecule has 8 heteroatoms. The first kappa shape index (κ1) is 15.8. The van der Waals surface area contributed by atoms with Crippen molar-refractivity contribution in [2.75, 3.05) is 25.1 Å². The van der Waals surface area contributed by atoms with E-state index in [-0.39, 0.29) is 5.95 Å². The van der Waals surface area contributed by atoms with Gasteiger partial charge in [0.05, 0.1) is 0 Å². The van der Waals surface area contributed by atoms with E-state index in [2.05, 4.69) is 10.3 Å². The SMILES string of the molecule is C1CCOCC1.O=c1cc(C(F)(F)F)nc2n1CCCN2. The first-order valence-corrected chi connectivity index (χ1v) is 6.99. The van der Waals surface area contributed by atoms with Crippen LogP contribution in [0.4, 0.5) is 19.1 Å². The number of nitrogens with one attached hydrogen (secondary N) is 1. The predicted octanol–water partition coefficient (Wildman–Crippen LogP) is 2.26. The number of ether oxygens (including phenoxy) is 1. The normalized spacial score (nSPS) is 18.0. The molecule has 2 aliphatic heterocycles. The highest BCUT2D eigenvalue weighted by Gasteiger charge is 2.34. The van der Waals surface area contributed by atoms with Crippen LogP contribution in [0.15, 0.2) is 10.9 Å². The van der Waals surface area contributed by atoms with E-state index in [4.69, 9.17) is 4.74 Å². The minimum atomic E-state index is -4.58. The first-order valence-electron chi connectivity index (χ1n) is 6.99. The Morgan fingerprint density at radius 3 is 2.43 bits per heavy atom. The third-order valence-corrected chi connectivity index (χ3v) is 3.22. The van der Waals surface area contributed by atoms with Gasteiger partial charge in [0.1, 0.15) is 0 Å². The van der Waals surface area contributed by atoms with Crippen LogP contribution in [0.5, 0.6) is 0 Å². The van der Waals surface area contributed by atoms with Gasteiger partial charge in [-0.3, -0.25) is 9.36 Å². The van der Waals surface area contributed by atoms with Crippen molar-refractivity contribution in [2.24, 2.45) is 0 Å². The van der Waals surface area contributed by atoms with E-state index >= 15 is 0 Å². The van der Waals surface area contributed by atoms with Crippen LogP contribution in [-0.4, -0.2) is 29.3 Å². The number of anilines is 1. The van der Waals surface area contributed by atoms with Crippen molar-refractivity contribution in [2.45, 2.75) is 38.4 Å². The average Bonchev–Trinajstić information content (AvgIpc) is 2.49. The van der Waals surface area contributed by atoms with Crippen LogP contribution in [0, 0.1) is 0 Å². The number of alkyl halides is 3. The third kappa shape index (κ3) is 4.45. The van der Waals surface area contributed by atoms with E-state index in [0.29, 0.717) is 25.6 Å². The average molecular weight is 305 g/mol. The summed E-state index contributed by atoms with van der Waals surface area (Å²) < 4.78 is 43.2. The lowest BCUT2D eigenvalue weighted by Crippen LogP contribution is -2.31. The van der Waals surface area contributed by atoms with Gasteiger partial charge in [0.15, 0.2) is 5.69 Å². The number of rotatable bonds is 0. The summed E-state index contributed by atoms with van der Waals surface area (Å²) in [6, 6.07) is 0.524. The van der Waals surface area contributed by atoms with Crippen LogP contribution >= 0.6 is 0 Å². The Hall–Kier alpha value is -1.57. The van der Waals surface area contributed by atoms with Crippen molar-refractivity contribution in [1.82, 2.24) is 9.55 Å². The second kappa shape index (κ2) is 6.93. The number of nitrogens with zero attached hydrogens (tertiary/aromatic N) is 2. The fourth-order valence-electron chi connectivity index (χ4n) is 2.13. The lowest BCUT2D eigenvalue weighted by Gasteiger charge is -2.19. The van der Waals surface area contributed by atoms with Gasteiger partial charge in [0.2, 0.25) is 5.95 Å². The minimum Gasteiger partial charge on any atom is -0.381 e. The van der Waals surface area contributed by atoms with Gasteiger partial charge in [-0.25, -0.2) is 4.98 Å². The van der Waals surface area contributed by atoms with Crippen molar-refractivity contribution < 1.29 is 17.9 Å². The highest BCUT2D eigenvalue weighted by atomic mass is 19.4. The molecule has 1 fully saturated rings. The highest BCUT2D eigenvalue weighted by molar-refractivity contribution is 5.29. The standard InChI is InChI=1S/C8H8F3N3O.C5H10O/c9-8(10,11)5-4-6(15)14-3-1-2-12-7(14)13-5;1-2-4-6-5-3-1/h4H,1-3H2,(H,12,13);1-5H2. The molecule has 0 spiro atoms. The van der Waals surface area contributed by atoms with Gasteiger partial charge in [0.25, 0.3) is 5.56 Å². The fraction of sp³-hybridized carbons (Fsp3) is 0.692. The lowest BCUT2D eigenvalue weighted by atomic mass is 10.2. The summed E-state index contributed by atoms with van der Waals surface area (Å²) in [5.41, 5.74) is -1.81. The summed E-state index contributed by atoms with van der Waals surface area (Å²) in [6.07, 6.45) is 0.0633. The van der Waals surface area contributed by atoms with Gasteiger partial charge in [-0.2, -0.15) is 13.2 Å². The molecule has 0 saturated carbocycles. The molecule has 2 aliphatic rings. The summed E-state index contributed by atoms with van der Waals surface area (Å²) in [5, 5.41) is 2.67. The number of hydrogen-bond donors (Lipinski definition) is 1. The van der Waals surface area contributed by atoms with Gasteiger partial charge in [-0.15, -0.1) is 0 Å². The van der Waals surface area contributed by atoms with E-state index in [1.807, 2.05) is 0 Å². The highest BCUT2D eigenvalue weighted by Crippen LogP contribution is 2.27. The number of fused-ring (bicyclic) bond motifs is 1. The quantitative estimate of drug-likeness (QED) is 0.799. The van der Waals surface area contributed by atoms with Crippen molar-refractivity contribution in [3.8, 4) is 0 Å². The maximum Gasteiger partial charge on any atom is 0.433 e. The van der Waals surface area contributed by atoms with Crippen LogP contribution in [0.1, 0.15) is 31.4 Å². The minimum absolute atomic E-state index is 0.000995. The van der Waals surface area contributed by atoms with Gasteiger partial charge in [0, 0.05) is 32.4 Å². The Morgan fingerprint density at radius 2 is 1.90 bits per heavy atom. The molecule has 5 nitrogen and oxygen atoms in total. The Balaban J connectivity index is 0.000000225. The summed E-state index contributed by atoms with van der Waals surface area (Å²) in [6.45, 7) is 2.94. The summed E-state index contributed by atoms with van der Waals surface area (Å²) in [5.74, 6) is 0.000995. The number of hydrogen-bond acceptors (Lipinski definition) is 4. The van der Waals surface area contributed by atoms with Crippen molar-refractivity contribution in [3.63, 3.8) is 0 Å². The van der Waals surface area contributed by atoms with E-state index < -0.39 is 17.4 Å². The number of aromatic nitrogens is 2. The Labute approximate surface area is 120 Å². The first-order chi connectivity index (χ1) is 9.98. The predicted molar refractivity (Wildman–Crippen MR) is 71.3 cm³/mol. The topological polar surface area (TPSA) is 56.1 Å². The zero-order valence-corrected chi connectivity index (χ0v) is 11.6. The molecule has 0 radical (unpaired) electrons. The monoisotopic (exact) mass is 305 g/mol. The smallest absolute Gasteiger partial charge is 0.381 e. The van der Waals surface area contributed by atoms with E-state index in [1.54, 1.807) is 0 Å². The van der Waals surface area contributed by atoms with Crippen LogP contribution in [0.2, 0.25) is 0 Å². The molecule has 0 aromatic carbocycles. The summed E-state index contributed by atoms with van der Waals surface area (Å²) in [4.78, 5) is 14.7. The van der Waals surface area contributed by atoms with Crippen LogP contribution in [0.25, 0.3) is 0 Å². The summed E-state index contributed by atoms with van der Waals surface area (Å²) >= 11 is 0. The number of halogens is 3. The molecule has 0 atom stereocenters. The molecule has 1 saturated heterocycles. The van der Waals surface area contributed by atoms with Crippen LogP contribution in [0.3, 0.4) is 0 Å². The molecule has 3 heterocycles. The van der Waals surface area contributed by atoms with Crippen molar-refractivity contribution >= 4 is 5.95 Å². The molecule has 21 heavy (non-hydrogen) atoms. The lowest BCUT2D eigenvalue weighted by molar-refractivity contribution is -0.141. The molecule has 0 unspecified atom stereocenters.